The summed E-state index contributed by atoms with van der Waals surface area (Å²) in [5.41, 5.74) is 4.59. The summed E-state index contributed by atoms with van der Waals surface area (Å²) < 4.78 is 5.55. The maximum Gasteiger partial charge on any atom is 0.407 e. The number of likely N-dealkylation sites (tertiary alicyclic amines) is 1. The van der Waals surface area contributed by atoms with Gasteiger partial charge in [-0.25, -0.2) is 4.79 Å². The third-order valence-electron chi connectivity index (χ3n) is 6.65. The van der Waals surface area contributed by atoms with E-state index in [1.54, 1.807) is 11.8 Å². The lowest BCUT2D eigenvalue weighted by Crippen LogP contribution is -2.50. The van der Waals surface area contributed by atoms with Crippen molar-refractivity contribution in [1.29, 1.82) is 0 Å². The smallest absolute Gasteiger partial charge is 0.407 e. The van der Waals surface area contributed by atoms with E-state index in [1.165, 1.54) is 0 Å². The van der Waals surface area contributed by atoms with Crippen LogP contribution in [0.25, 0.3) is 11.1 Å². The minimum atomic E-state index is -0.816. The Balaban J connectivity index is 1.31. The molecule has 33 heavy (non-hydrogen) atoms. The highest BCUT2D eigenvalue weighted by atomic mass is 16.5. The Morgan fingerprint density at radius 1 is 1.09 bits per heavy atom. The van der Waals surface area contributed by atoms with Crippen LogP contribution >= 0.6 is 0 Å². The Morgan fingerprint density at radius 3 is 2.36 bits per heavy atom. The molecular formula is C26H30N2O5. The second kappa shape index (κ2) is 10.1. The average molecular weight is 451 g/mol. The first kappa shape index (κ1) is 22.8. The second-order valence-corrected chi connectivity index (χ2v) is 8.92. The number of benzene rings is 2. The zero-order valence-electron chi connectivity index (χ0n) is 18.8. The zero-order chi connectivity index (χ0) is 23.4. The highest BCUT2D eigenvalue weighted by Gasteiger charge is 2.31. The molecule has 174 valence electrons. The average Bonchev–Trinajstić information content (AvgIpc) is 3.15. The number of fused-ring (bicyclic) bond motifs is 3. The van der Waals surface area contributed by atoms with Crippen molar-refractivity contribution in [1.82, 2.24) is 10.2 Å². The minimum Gasteiger partial charge on any atom is -0.481 e. The van der Waals surface area contributed by atoms with Gasteiger partial charge in [-0.2, -0.15) is 0 Å². The number of hydrogen-bond acceptors (Lipinski definition) is 4. The Kier molecular flexibility index (Phi) is 6.96. The van der Waals surface area contributed by atoms with Crippen molar-refractivity contribution in [3.63, 3.8) is 0 Å². The van der Waals surface area contributed by atoms with Crippen molar-refractivity contribution >= 4 is 18.0 Å². The summed E-state index contributed by atoms with van der Waals surface area (Å²) in [6.07, 6.45) is 1.82. The zero-order valence-corrected chi connectivity index (χ0v) is 18.8. The topological polar surface area (TPSA) is 95.9 Å². The van der Waals surface area contributed by atoms with Crippen molar-refractivity contribution in [3.05, 3.63) is 59.7 Å². The van der Waals surface area contributed by atoms with Gasteiger partial charge in [-0.3, -0.25) is 9.59 Å². The number of rotatable bonds is 7. The highest BCUT2D eigenvalue weighted by Crippen LogP contribution is 2.44. The summed E-state index contributed by atoms with van der Waals surface area (Å²) in [7, 11) is 0. The predicted molar refractivity (Wildman–Crippen MR) is 124 cm³/mol. The lowest BCUT2D eigenvalue weighted by atomic mass is 9.93. The molecule has 1 heterocycles. The summed E-state index contributed by atoms with van der Waals surface area (Å²) in [5.74, 6) is -0.834. The van der Waals surface area contributed by atoms with E-state index in [0.29, 0.717) is 19.5 Å². The summed E-state index contributed by atoms with van der Waals surface area (Å²) in [5, 5.41) is 11.6. The first-order chi connectivity index (χ1) is 15.9. The molecule has 4 rings (SSSR count). The predicted octanol–water partition coefficient (Wildman–Crippen LogP) is 4.02. The number of carboxylic acid groups (broad SMARTS) is 1. The largest absolute Gasteiger partial charge is 0.481 e. The monoisotopic (exact) mass is 450 g/mol. The molecule has 1 fully saturated rings. The Hall–Kier alpha value is -3.35. The molecule has 0 saturated carbocycles. The maximum atomic E-state index is 12.8. The molecule has 0 aromatic heterocycles. The van der Waals surface area contributed by atoms with E-state index in [-0.39, 0.29) is 30.8 Å². The van der Waals surface area contributed by atoms with Gasteiger partial charge in [-0.15, -0.1) is 0 Å². The first-order valence-electron chi connectivity index (χ1n) is 11.6. The number of nitrogens with one attached hydrogen (secondary N) is 1. The molecule has 2 atom stereocenters. The number of carbonyl (C=O) groups excluding carboxylic acids is 2. The Labute approximate surface area is 193 Å². The van der Waals surface area contributed by atoms with E-state index in [1.807, 2.05) is 24.3 Å². The van der Waals surface area contributed by atoms with Crippen molar-refractivity contribution in [3.8, 4) is 11.1 Å². The standard InChI is InChI=1S/C26H30N2O5/c1-17(25(31)28-14-6-7-18(15-28)12-13-24(29)30)27-26(32)33-16-23-21-10-4-2-8-19(21)20-9-3-5-11-22(20)23/h2-5,8-11,17-18,23H,6-7,12-16H2,1H3,(H,27,32)(H,29,30). The van der Waals surface area contributed by atoms with Gasteiger partial charge in [0.1, 0.15) is 12.6 Å². The summed E-state index contributed by atoms with van der Waals surface area (Å²) in [4.78, 5) is 37.9. The number of carbonyl (C=O) groups is 3. The molecule has 7 heteroatoms. The maximum absolute atomic E-state index is 12.8. The molecule has 0 spiro atoms. The van der Waals surface area contributed by atoms with E-state index in [4.69, 9.17) is 9.84 Å². The van der Waals surface area contributed by atoms with Gasteiger partial charge >= 0.3 is 12.1 Å². The minimum absolute atomic E-state index is 0.0359. The number of aliphatic carboxylic acids is 1. The van der Waals surface area contributed by atoms with Gasteiger partial charge in [0.25, 0.3) is 0 Å². The number of amides is 2. The number of hydrogen-bond donors (Lipinski definition) is 2. The molecule has 2 aliphatic rings. The molecule has 0 radical (unpaired) electrons. The Bertz CT molecular complexity index is 991. The van der Waals surface area contributed by atoms with Crippen LogP contribution in [0.15, 0.2) is 48.5 Å². The van der Waals surface area contributed by atoms with Gasteiger partial charge in [0.15, 0.2) is 0 Å². The van der Waals surface area contributed by atoms with E-state index in [9.17, 15) is 14.4 Å². The number of ether oxygens (including phenoxy) is 1. The summed E-state index contributed by atoms with van der Waals surface area (Å²) >= 11 is 0. The fraction of sp³-hybridized carbons (Fsp3) is 0.423. The molecule has 2 aromatic carbocycles. The lowest BCUT2D eigenvalue weighted by molar-refractivity contribution is -0.137. The fourth-order valence-corrected chi connectivity index (χ4v) is 4.98. The van der Waals surface area contributed by atoms with E-state index in [0.717, 1.165) is 35.1 Å². The van der Waals surface area contributed by atoms with Gasteiger partial charge in [-0.1, -0.05) is 48.5 Å². The van der Waals surface area contributed by atoms with E-state index >= 15 is 0 Å². The summed E-state index contributed by atoms with van der Waals surface area (Å²) in [6.45, 7) is 3.01. The molecule has 2 unspecified atom stereocenters. The van der Waals surface area contributed by atoms with Crippen molar-refractivity contribution in [2.45, 2.75) is 44.6 Å². The molecule has 0 bridgehead atoms. The molecule has 7 nitrogen and oxygen atoms in total. The SMILES string of the molecule is CC(NC(=O)OCC1c2ccccc2-c2ccccc21)C(=O)N1CCCC(CCC(=O)O)C1. The van der Waals surface area contributed by atoms with Crippen LogP contribution in [0.3, 0.4) is 0 Å². The van der Waals surface area contributed by atoms with E-state index in [2.05, 4.69) is 29.6 Å². The molecule has 1 aliphatic heterocycles. The van der Waals surface area contributed by atoms with Crippen LogP contribution in [0.4, 0.5) is 4.79 Å². The number of alkyl carbamates (subject to hydrolysis) is 1. The van der Waals surface area contributed by atoms with Gasteiger partial charge < -0.3 is 20.1 Å². The van der Waals surface area contributed by atoms with Crippen molar-refractivity contribution < 1.29 is 24.2 Å². The summed E-state index contributed by atoms with van der Waals surface area (Å²) in [6, 6.07) is 15.6. The quantitative estimate of drug-likeness (QED) is 0.664. The number of carboxylic acids is 1. The highest BCUT2D eigenvalue weighted by molar-refractivity contribution is 5.85. The fourth-order valence-electron chi connectivity index (χ4n) is 4.98. The van der Waals surface area contributed by atoms with Crippen LogP contribution in [0.5, 0.6) is 0 Å². The van der Waals surface area contributed by atoms with Crippen molar-refractivity contribution in [2.75, 3.05) is 19.7 Å². The van der Waals surface area contributed by atoms with Crippen LogP contribution in [0.1, 0.15) is 49.7 Å². The van der Waals surface area contributed by atoms with Crippen LogP contribution in [0.2, 0.25) is 0 Å². The number of nitrogens with zero attached hydrogens (tertiary/aromatic N) is 1. The molecule has 2 N–H and O–H groups in total. The van der Waals surface area contributed by atoms with Crippen LogP contribution in [-0.2, 0) is 14.3 Å². The van der Waals surface area contributed by atoms with E-state index < -0.39 is 18.1 Å². The molecule has 2 amide bonds. The number of piperidine rings is 1. The third-order valence-corrected chi connectivity index (χ3v) is 6.65. The molecule has 1 saturated heterocycles. The van der Waals surface area contributed by atoms with Crippen LogP contribution < -0.4 is 5.32 Å². The Morgan fingerprint density at radius 2 is 1.73 bits per heavy atom. The molecule has 2 aromatic rings. The first-order valence-corrected chi connectivity index (χ1v) is 11.6. The van der Waals surface area contributed by atoms with Gasteiger partial charge in [0.2, 0.25) is 5.91 Å². The lowest BCUT2D eigenvalue weighted by Gasteiger charge is -2.34. The van der Waals surface area contributed by atoms with Gasteiger partial charge in [-0.05, 0) is 54.4 Å². The normalized spacial score (nSPS) is 18.2. The molecular weight excluding hydrogens is 420 g/mol. The molecule has 1 aliphatic carbocycles. The van der Waals surface area contributed by atoms with Gasteiger partial charge in [0.05, 0.1) is 0 Å². The van der Waals surface area contributed by atoms with Gasteiger partial charge in [0, 0.05) is 25.4 Å². The van der Waals surface area contributed by atoms with Crippen molar-refractivity contribution in [2.24, 2.45) is 5.92 Å². The third kappa shape index (κ3) is 5.18. The van der Waals surface area contributed by atoms with Crippen LogP contribution in [-0.4, -0.2) is 53.7 Å². The second-order valence-electron chi connectivity index (χ2n) is 8.92. The van der Waals surface area contributed by atoms with Crippen LogP contribution in [0, 0.1) is 5.92 Å².